The lowest BCUT2D eigenvalue weighted by Crippen LogP contribution is -2.52. The molecule has 34 heavy (non-hydrogen) atoms. The Labute approximate surface area is 201 Å². The fourth-order valence-corrected chi connectivity index (χ4v) is 4.48. The SMILES string of the molecule is COc1ccc(CCC(=O)N2CCCN(CC(=O)N3CCN(c4ncccn4)CC3)CC2)cc1. The van der Waals surface area contributed by atoms with E-state index in [0.29, 0.717) is 32.6 Å². The molecule has 4 rings (SSSR count). The van der Waals surface area contributed by atoms with Crippen molar-refractivity contribution in [1.82, 2.24) is 24.7 Å². The van der Waals surface area contributed by atoms with E-state index in [-0.39, 0.29) is 11.8 Å². The molecule has 3 heterocycles. The fraction of sp³-hybridized carbons (Fsp3) is 0.520. The molecular formula is C25H34N6O3. The van der Waals surface area contributed by atoms with E-state index in [1.807, 2.05) is 34.1 Å². The molecule has 1 aromatic carbocycles. The quantitative estimate of drug-likeness (QED) is 0.608. The minimum atomic E-state index is 0.160. The highest BCUT2D eigenvalue weighted by Crippen LogP contribution is 2.14. The van der Waals surface area contributed by atoms with Crippen molar-refractivity contribution in [3.05, 3.63) is 48.3 Å². The van der Waals surface area contributed by atoms with Gasteiger partial charge in [0.25, 0.3) is 0 Å². The highest BCUT2D eigenvalue weighted by molar-refractivity contribution is 5.79. The number of rotatable bonds is 7. The summed E-state index contributed by atoms with van der Waals surface area (Å²) in [6.45, 7) is 6.26. The maximum absolute atomic E-state index is 12.9. The largest absolute Gasteiger partial charge is 0.497 e. The van der Waals surface area contributed by atoms with Crippen molar-refractivity contribution >= 4 is 17.8 Å². The van der Waals surface area contributed by atoms with Gasteiger partial charge in [0, 0.05) is 71.2 Å². The molecule has 9 heteroatoms. The lowest BCUT2D eigenvalue weighted by molar-refractivity contribution is -0.132. The van der Waals surface area contributed by atoms with Crippen LogP contribution < -0.4 is 9.64 Å². The number of piperazine rings is 1. The number of methoxy groups -OCH3 is 1. The first-order valence-corrected chi connectivity index (χ1v) is 12.0. The molecule has 0 saturated carbocycles. The van der Waals surface area contributed by atoms with Gasteiger partial charge in [0.1, 0.15) is 5.75 Å². The topological polar surface area (TPSA) is 82.1 Å². The van der Waals surface area contributed by atoms with Gasteiger partial charge in [-0.1, -0.05) is 12.1 Å². The van der Waals surface area contributed by atoms with Crippen molar-refractivity contribution in [3.8, 4) is 5.75 Å². The summed E-state index contributed by atoms with van der Waals surface area (Å²) in [7, 11) is 1.65. The predicted octanol–water partition coefficient (Wildman–Crippen LogP) is 1.30. The molecule has 0 radical (unpaired) electrons. The second kappa shape index (κ2) is 11.8. The van der Waals surface area contributed by atoms with Crippen LogP contribution in [-0.2, 0) is 16.0 Å². The van der Waals surface area contributed by atoms with E-state index in [0.717, 1.165) is 62.8 Å². The van der Waals surface area contributed by atoms with Gasteiger partial charge in [-0.3, -0.25) is 14.5 Å². The Morgan fingerprint density at radius 3 is 2.24 bits per heavy atom. The van der Waals surface area contributed by atoms with Crippen molar-refractivity contribution in [2.24, 2.45) is 0 Å². The van der Waals surface area contributed by atoms with Crippen molar-refractivity contribution in [2.45, 2.75) is 19.3 Å². The van der Waals surface area contributed by atoms with E-state index in [2.05, 4.69) is 19.8 Å². The smallest absolute Gasteiger partial charge is 0.236 e. The zero-order valence-corrected chi connectivity index (χ0v) is 19.9. The number of carbonyl (C=O) groups excluding carboxylic acids is 2. The number of nitrogens with zero attached hydrogens (tertiary/aromatic N) is 6. The van der Waals surface area contributed by atoms with E-state index in [1.54, 1.807) is 25.6 Å². The summed E-state index contributed by atoms with van der Waals surface area (Å²) in [5, 5.41) is 0. The third-order valence-corrected chi connectivity index (χ3v) is 6.55. The number of aryl methyl sites for hydroxylation is 1. The Bertz CT molecular complexity index is 931. The molecule has 0 aliphatic carbocycles. The van der Waals surface area contributed by atoms with Crippen LogP contribution in [0.4, 0.5) is 5.95 Å². The maximum atomic E-state index is 12.9. The molecule has 2 amide bonds. The second-order valence-corrected chi connectivity index (χ2v) is 8.78. The van der Waals surface area contributed by atoms with Crippen LogP contribution in [0.3, 0.4) is 0 Å². The fourth-order valence-electron chi connectivity index (χ4n) is 4.48. The number of hydrogen-bond donors (Lipinski definition) is 0. The van der Waals surface area contributed by atoms with E-state index in [4.69, 9.17) is 4.74 Å². The molecular weight excluding hydrogens is 432 g/mol. The summed E-state index contributed by atoms with van der Waals surface area (Å²) in [6, 6.07) is 9.68. The zero-order chi connectivity index (χ0) is 23.8. The number of aromatic nitrogens is 2. The molecule has 2 aliphatic rings. The van der Waals surface area contributed by atoms with E-state index in [1.165, 1.54) is 0 Å². The molecule has 1 aromatic heterocycles. The molecule has 0 spiro atoms. The van der Waals surface area contributed by atoms with Gasteiger partial charge in [0.15, 0.2) is 0 Å². The summed E-state index contributed by atoms with van der Waals surface area (Å²) in [5.41, 5.74) is 1.13. The number of ether oxygens (including phenoxy) is 1. The zero-order valence-electron chi connectivity index (χ0n) is 19.9. The lowest BCUT2D eigenvalue weighted by atomic mass is 10.1. The molecule has 2 aliphatic heterocycles. The number of carbonyl (C=O) groups is 2. The van der Waals surface area contributed by atoms with Crippen molar-refractivity contribution in [2.75, 3.05) is 70.9 Å². The van der Waals surface area contributed by atoms with Crippen LogP contribution in [0, 0.1) is 0 Å². The number of hydrogen-bond acceptors (Lipinski definition) is 7. The van der Waals surface area contributed by atoms with Crippen molar-refractivity contribution < 1.29 is 14.3 Å². The Balaban J connectivity index is 1.18. The van der Waals surface area contributed by atoms with Crippen LogP contribution >= 0.6 is 0 Å². The Kier molecular flexibility index (Phi) is 8.30. The number of benzene rings is 1. The molecule has 2 aromatic rings. The Hall–Kier alpha value is -3.20. The van der Waals surface area contributed by atoms with Gasteiger partial charge in [-0.2, -0.15) is 0 Å². The average Bonchev–Trinajstić information content (AvgIpc) is 3.14. The third kappa shape index (κ3) is 6.44. The Morgan fingerprint density at radius 2 is 1.53 bits per heavy atom. The third-order valence-electron chi connectivity index (χ3n) is 6.55. The molecule has 0 atom stereocenters. The summed E-state index contributed by atoms with van der Waals surface area (Å²) >= 11 is 0. The Morgan fingerprint density at radius 1 is 0.853 bits per heavy atom. The monoisotopic (exact) mass is 466 g/mol. The normalized spacial score (nSPS) is 17.4. The molecule has 0 N–H and O–H groups in total. The highest BCUT2D eigenvalue weighted by Gasteiger charge is 2.25. The minimum Gasteiger partial charge on any atom is -0.497 e. The first-order chi connectivity index (χ1) is 16.6. The van der Waals surface area contributed by atoms with Gasteiger partial charge in [-0.15, -0.1) is 0 Å². The standard InChI is InChI=1S/C25H34N6O3/c1-34-22-7-4-21(5-8-22)6-9-23(32)29-13-3-12-28(14-15-29)20-24(33)30-16-18-31(19-17-30)25-26-10-2-11-27-25/h2,4-5,7-8,10-11H,3,6,9,12-20H2,1H3. The average molecular weight is 467 g/mol. The van der Waals surface area contributed by atoms with Crippen molar-refractivity contribution in [3.63, 3.8) is 0 Å². The number of amides is 2. The van der Waals surface area contributed by atoms with Gasteiger partial charge in [-0.25, -0.2) is 9.97 Å². The van der Waals surface area contributed by atoms with Gasteiger partial charge in [0.2, 0.25) is 17.8 Å². The maximum Gasteiger partial charge on any atom is 0.236 e. The van der Waals surface area contributed by atoms with Crippen LogP contribution in [0.5, 0.6) is 5.75 Å². The first kappa shape index (κ1) is 23.9. The van der Waals surface area contributed by atoms with Gasteiger partial charge >= 0.3 is 0 Å². The molecule has 2 saturated heterocycles. The van der Waals surface area contributed by atoms with Crippen LogP contribution in [0.25, 0.3) is 0 Å². The predicted molar refractivity (Wildman–Crippen MR) is 130 cm³/mol. The van der Waals surface area contributed by atoms with Crippen LogP contribution in [0.15, 0.2) is 42.7 Å². The van der Waals surface area contributed by atoms with Gasteiger partial charge in [-0.05, 0) is 36.6 Å². The van der Waals surface area contributed by atoms with E-state index >= 15 is 0 Å². The highest BCUT2D eigenvalue weighted by atomic mass is 16.5. The molecule has 0 bridgehead atoms. The summed E-state index contributed by atoms with van der Waals surface area (Å²) in [5.74, 6) is 1.89. The molecule has 182 valence electrons. The molecule has 0 unspecified atom stereocenters. The van der Waals surface area contributed by atoms with E-state index in [9.17, 15) is 9.59 Å². The first-order valence-electron chi connectivity index (χ1n) is 12.0. The molecule has 9 nitrogen and oxygen atoms in total. The molecule has 2 fully saturated rings. The second-order valence-electron chi connectivity index (χ2n) is 8.78. The summed E-state index contributed by atoms with van der Waals surface area (Å²) < 4.78 is 5.19. The van der Waals surface area contributed by atoms with Gasteiger partial charge < -0.3 is 19.4 Å². The lowest BCUT2D eigenvalue weighted by Gasteiger charge is -2.35. The minimum absolute atomic E-state index is 0.160. The summed E-state index contributed by atoms with van der Waals surface area (Å²) in [6.07, 6.45) is 5.60. The van der Waals surface area contributed by atoms with E-state index < -0.39 is 0 Å². The number of anilines is 1. The van der Waals surface area contributed by atoms with Crippen molar-refractivity contribution in [1.29, 1.82) is 0 Å². The van der Waals surface area contributed by atoms with Crippen LogP contribution in [-0.4, -0.2) is 102 Å². The summed E-state index contributed by atoms with van der Waals surface area (Å²) in [4.78, 5) is 42.4. The van der Waals surface area contributed by atoms with Gasteiger partial charge in [0.05, 0.1) is 13.7 Å². The van der Waals surface area contributed by atoms with Crippen LogP contribution in [0.1, 0.15) is 18.4 Å². The van der Waals surface area contributed by atoms with Crippen LogP contribution in [0.2, 0.25) is 0 Å².